The summed E-state index contributed by atoms with van der Waals surface area (Å²) in [6.07, 6.45) is 2.31. The van der Waals surface area contributed by atoms with Crippen molar-refractivity contribution >= 4 is 31.2 Å². The summed E-state index contributed by atoms with van der Waals surface area (Å²) in [5.41, 5.74) is 0. The van der Waals surface area contributed by atoms with E-state index < -0.39 is 25.0 Å². The Labute approximate surface area is 146 Å². The molecule has 5 nitrogen and oxygen atoms in total. The van der Waals surface area contributed by atoms with Crippen LogP contribution in [0.1, 0.15) is 6.42 Å². The molecular weight excluding hydrogens is 342 g/mol. The van der Waals surface area contributed by atoms with Crippen LogP contribution >= 0.6 is 0 Å². The predicted molar refractivity (Wildman–Crippen MR) is 106 cm³/mol. The molecule has 0 aromatic heterocycles. The van der Waals surface area contributed by atoms with Gasteiger partial charge in [0.25, 0.3) is 0 Å². The molecule has 0 aliphatic carbocycles. The van der Waals surface area contributed by atoms with Crippen molar-refractivity contribution in [2.45, 2.75) is 77.6 Å². The molecular formula is C15H37NO4Si3. The minimum atomic E-state index is -1.71. The second-order valence-electron chi connectivity index (χ2n) is 8.67. The lowest BCUT2D eigenvalue weighted by molar-refractivity contribution is 0.0158. The van der Waals surface area contributed by atoms with Crippen LogP contribution in [0.5, 0.6) is 0 Å². The summed E-state index contributed by atoms with van der Waals surface area (Å²) in [6, 6.07) is 0. The number of rotatable bonds is 11. The highest BCUT2D eigenvalue weighted by Crippen LogP contribution is 2.20. The average molecular weight is 380 g/mol. The Balaban J connectivity index is 5.19. The van der Waals surface area contributed by atoms with E-state index in [-0.39, 0.29) is 12.2 Å². The van der Waals surface area contributed by atoms with Crippen LogP contribution in [0.3, 0.4) is 0 Å². The van der Waals surface area contributed by atoms with Crippen LogP contribution in [0.4, 0.5) is 0 Å². The standard InChI is InChI=1S/C15H37NO4Si3/c1-17-16-12-11-14(19-22(5,6)7)15(20-23(8,9)10)13-18-21(2,3)4/h12,14-15H,11,13H2,1-10H3/b16-12+. The molecule has 0 aromatic carbocycles. The van der Waals surface area contributed by atoms with E-state index in [4.69, 9.17) is 18.1 Å². The molecule has 0 aliphatic heterocycles. The monoisotopic (exact) mass is 379 g/mol. The lowest BCUT2D eigenvalue weighted by Crippen LogP contribution is -2.48. The lowest BCUT2D eigenvalue weighted by atomic mass is 10.1. The molecule has 0 heterocycles. The van der Waals surface area contributed by atoms with Gasteiger partial charge in [0.1, 0.15) is 7.11 Å². The first-order valence-electron chi connectivity index (χ1n) is 8.28. The zero-order valence-corrected chi connectivity index (χ0v) is 19.7. The van der Waals surface area contributed by atoms with Crippen LogP contribution < -0.4 is 0 Å². The van der Waals surface area contributed by atoms with Crippen molar-refractivity contribution in [2.75, 3.05) is 13.7 Å². The number of hydrogen-bond acceptors (Lipinski definition) is 5. The molecule has 0 saturated carbocycles. The van der Waals surface area contributed by atoms with Crippen molar-refractivity contribution < 1.29 is 18.1 Å². The van der Waals surface area contributed by atoms with Crippen LogP contribution in [0.2, 0.25) is 58.9 Å². The van der Waals surface area contributed by atoms with Crippen molar-refractivity contribution in [1.29, 1.82) is 0 Å². The Morgan fingerprint density at radius 2 is 1.26 bits per heavy atom. The van der Waals surface area contributed by atoms with Gasteiger partial charge in [0.05, 0.1) is 18.8 Å². The van der Waals surface area contributed by atoms with Gasteiger partial charge in [-0.05, 0) is 58.9 Å². The third kappa shape index (κ3) is 14.1. The van der Waals surface area contributed by atoms with E-state index in [1.54, 1.807) is 13.3 Å². The molecule has 0 amide bonds. The maximum atomic E-state index is 6.40. The first kappa shape index (κ1) is 23.0. The Hall–Kier alpha value is 0.000649. The van der Waals surface area contributed by atoms with E-state index in [2.05, 4.69) is 64.1 Å². The van der Waals surface area contributed by atoms with E-state index in [1.807, 2.05) is 0 Å². The fourth-order valence-corrected chi connectivity index (χ4v) is 4.90. The highest BCUT2D eigenvalue weighted by atomic mass is 28.4. The minimum Gasteiger partial charge on any atom is -0.415 e. The van der Waals surface area contributed by atoms with Crippen LogP contribution in [-0.2, 0) is 18.1 Å². The predicted octanol–water partition coefficient (Wildman–Crippen LogP) is 4.30. The van der Waals surface area contributed by atoms with Crippen molar-refractivity contribution in [2.24, 2.45) is 5.16 Å². The SMILES string of the molecule is CO/N=C/CC(O[Si](C)(C)C)C(CO[Si](C)(C)C)O[Si](C)(C)C. The van der Waals surface area contributed by atoms with Gasteiger partial charge in [-0.2, -0.15) is 0 Å². The number of nitrogens with zero attached hydrogens (tertiary/aromatic N) is 1. The molecule has 0 spiro atoms. The van der Waals surface area contributed by atoms with Crippen molar-refractivity contribution in [3.05, 3.63) is 0 Å². The quantitative estimate of drug-likeness (QED) is 0.305. The van der Waals surface area contributed by atoms with Crippen LogP contribution in [0.15, 0.2) is 5.16 Å². The fraction of sp³-hybridized carbons (Fsp3) is 0.933. The van der Waals surface area contributed by atoms with Gasteiger partial charge in [0.2, 0.25) is 0 Å². The zero-order chi connectivity index (χ0) is 18.3. The molecule has 2 unspecified atom stereocenters. The second-order valence-corrected chi connectivity index (χ2v) is 22.1. The largest absolute Gasteiger partial charge is 0.415 e. The van der Waals surface area contributed by atoms with Crippen molar-refractivity contribution in [1.82, 2.24) is 0 Å². The molecule has 23 heavy (non-hydrogen) atoms. The van der Waals surface area contributed by atoms with Gasteiger partial charge in [-0.15, -0.1) is 0 Å². The molecule has 0 fully saturated rings. The first-order chi connectivity index (χ1) is 10.2. The Kier molecular flexibility index (Phi) is 9.48. The van der Waals surface area contributed by atoms with Crippen molar-refractivity contribution in [3.63, 3.8) is 0 Å². The van der Waals surface area contributed by atoms with Crippen molar-refractivity contribution in [3.8, 4) is 0 Å². The molecule has 0 aliphatic rings. The number of oxime groups is 1. The molecule has 0 rings (SSSR count). The lowest BCUT2D eigenvalue weighted by Gasteiger charge is -2.36. The number of hydrogen-bond donors (Lipinski definition) is 0. The van der Waals surface area contributed by atoms with Gasteiger partial charge < -0.3 is 18.1 Å². The van der Waals surface area contributed by atoms with Crippen LogP contribution in [0, 0.1) is 0 Å². The molecule has 138 valence electrons. The van der Waals surface area contributed by atoms with E-state index in [0.29, 0.717) is 13.0 Å². The molecule has 0 bridgehead atoms. The smallest absolute Gasteiger partial charge is 0.184 e. The van der Waals surface area contributed by atoms with E-state index in [9.17, 15) is 0 Å². The van der Waals surface area contributed by atoms with E-state index >= 15 is 0 Å². The normalized spacial score (nSPS) is 16.6. The summed E-state index contributed by atoms with van der Waals surface area (Å²) in [4.78, 5) is 4.79. The topological polar surface area (TPSA) is 49.3 Å². The molecule has 0 saturated heterocycles. The Morgan fingerprint density at radius 1 is 0.783 bits per heavy atom. The summed E-state index contributed by atoms with van der Waals surface area (Å²) in [5.74, 6) is 0. The van der Waals surface area contributed by atoms with E-state index in [0.717, 1.165) is 0 Å². The summed E-state index contributed by atoms with van der Waals surface area (Å²) in [7, 11) is -3.47. The maximum Gasteiger partial charge on any atom is 0.184 e. The third-order valence-corrected chi connectivity index (χ3v) is 5.68. The second kappa shape index (κ2) is 9.48. The molecule has 0 aromatic rings. The van der Waals surface area contributed by atoms with Gasteiger partial charge in [-0.25, -0.2) is 0 Å². The Bertz CT molecular complexity index is 359. The summed E-state index contributed by atoms with van der Waals surface area (Å²) < 4.78 is 18.9. The maximum absolute atomic E-state index is 6.40. The average Bonchev–Trinajstić information content (AvgIpc) is 2.29. The van der Waals surface area contributed by atoms with Gasteiger partial charge in [0, 0.05) is 12.6 Å². The Morgan fingerprint density at radius 3 is 1.65 bits per heavy atom. The van der Waals surface area contributed by atoms with E-state index in [1.165, 1.54) is 0 Å². The zero-order valence-electron chi connectivity index (χ0n) is 16.7. The van der Waals surface area contributed by atoms with Crippen LogP contribution in [0.25, 0.3) is 0 Å². The summed E-state index contributed by atoms with van der Waals surface area (Å²) in [6.45, 7) is 20.3. The molecule has 0 N–H and O–H groups in total. The van der Waals surface area contributed by atoms with Gasteiger partial charge in [-0.1, -0.05) is 5.16 Å². The first-order valence-corrected chi connectivity index (χ1v) is 18.5. The molecule has 8 heteroatoms. The highest BCUT2D eigenvalue weighted by molar-refractivity contribution is 6.70. The minimum absolute atomic E-state index is 0.0522. The molecule has 0 radical (unpaired) electrons. The summed E-state index contributed by atoms with van der Waals surface area (Å²) >= 11 is 0. The van der Waals surface area contributed by atoms with Gasteiger partial charge >= 0.3 is 0 Å². The fourth-order valence-electron chi connectivity index (χ4n) is 1.95. The molecule has 2 atom stereocenters. The third-order valence-electron chi connectivity index (χ3n) is 2.62. The van der Waals surface area contributed by atoms with Gasteiger partial charge in [0.15, 0.2) is 25.0 Å². The van der Waals surface area contributed by atoms with Gasteiger partial charge in [-0.3, -0.25) is 0 Å². The highest BCUT2D eigenvalue weighted by Gasteiger charge is 2.33. The van der Waals surface area contributed by atoms with Crippen LogP contribution in [-0.4, -0.2) is 57.1 Å². The summed E-state index contributed by atoms with van der Waals surface area (Å²) in [5, 5.41) is 3.86.